The van der Waals surface area contributed by atoms with Crippen molar-refractivity contribution in [2.24, 2.45) is 0 Å². The Bertz CT molecular complexity index is 831. The standard InChI is InChI=1S/C23H28O5/c1-14(2)17-6-3-15(4-7-17)9-16-5-8-18-13-27-23(19(18)10-16)11-20(25)22(26)21(12-24)28-23/h3-8,10,14,20-22,24-26H,9,11-13H2,1-2H3/t20-,21-,22+,23?/m1/s1. The number of hydrogen-bond acceptors (Lipinski definition) is 5. The van der Waals surface area contributed by atoms with E-state index in [-0.39, 0.29) is 13.0 Å². The highest BCUT2D eigenvalue weighted by Gasteiger charge is 2.51. The van der Waals surface area contributed by atoms with Gasteiger partial charge in [0.15, 0.2) is 5.79 Å². The molecule has 0 amide bonds. The minimum absolute atomic E-state index is 0.143. The summed E-state index contributed by atoms with van der Waals surface area (Å²) in [5.74, 6) is -0.602. The maximum absolute atomic E-state index is 10.3. The molecule has 150 valence electrons. The molecule has 1 fully saturated rings. The molecule has 2 aromatic rings. The number of hydrogen-bond donors (Lipinski definition) is 3. The molecule has 1 saturated heterocycles. The molecule has 0 saturated carbocycles. The fraction of sp³-hybridized carbons (Fsp3) is 0.478. The minimum atomic E-state index is -1.12. The lowest BCUT2D eigenvalue weighted by Gasteiger charge is -2.42. The van der Waals surface area contributed by atoms with Gasteiger partial charge in [0.2, 0.25) is 0 Å². The van der Waals surface area contributed by atoms with E-state index in [9.17, 15) is 15.3 Å². The Morgan fingerprint density at radius 1 is 1.07 bits per heavy atom. The number of rotatable bonds is 4. The fourth-order valence-corrected chi connectivity index (χ4v) is 4.16. The monoisotopic (exact) mass is 384 g/mol. The molecule has 1 unspecified atom stereocenters. The van der Waals surface area contributed by atoms with Crippen molar-refractivity contribution in [1.82, 2.24) is 0 Å². The van der Waals surface area contributed by atoms with Crippen molar-refractivity contribution in [1.29, 1.82) is 0 Å². The molecule has 28 heavy (non-hydrogen) atoms. The third-order valence-corrected chi connectivity index (χ3v) is 5.87. The predicted molar refractivity (Wildman–Crippen MR) is 105 cm³/mol. The van der Waals surface area contributed by atoms with Crippen LogP contribution in [0.2, 0.25) is 0 Å². The zero-order valence-corrected chi connectivity index (χ0v) is 16.3. The predicted octanol–water partition coefficient (Wildman–Crippen LogP) is 2.59. The molecule has 3 N–H and O–H groups in total. The molecule has 5 heteroatoms. The number of benzene rings is 2. The number of aliphatic hydroxyl groups excluding tert-OH is 3. The average molecular weight is 384 g/mol. The van der Waals surface area contributed by atoms with Crippen LogP contribution in [0.3, 0.4) is 0 Å². The van der Waals surface area contributed by atoms with E-state index in [0.717, 1.165) is 23.1 Å². The summed E-state index contributed by atoms with van der Waals surface area (Å²) >= 11 is 0. The van der Waals surface area contributed by atoms with Crippen molar-refractivity contribution in [3.8, 4) is 0 Å². The largest absolute Gasteiger partial charge is 0.394 e. The van der Waals surface area contributed by atoms with Crippen molar-refractivity contribution in [3.63, 3.8) is 0 Å². The second-order valence-corrected chi connectivity index (χ2v) is 8.21. The van der Waals surface area contributed by atoms with Gasteiger partial charge in [0.25, 0.3) is 0 Å². The van der Waals surface area contributed by atoms with Gasteiger partial charge in [-0.3, -0.25) is 0 Å². The summed E-state index contributed by atoms with van der Waals surface area (Å²) in [6.45, 7) is 4.38. The van der Waals surface area contributed by atoms with Gasteiger partial charge in [-0.25, -0.2) is 0 Å². The Labute approximate surface area is 165 Å². The van der Waals surface area contributed by atoms with E-state index >= 15 is 0 Å². The Kier molecular flexibility index (Phi) is 5.29. The average Bonchev–Trinajstić information content (AvgIpc) is 3.02. The molecule has 1 spiro atoms. The molecular weight excluding hydrogens is 356 g/mol. The molecular formula is C23H28O5. The van der Waals surface area contributed by atoms with Gasteiger partial charge in [0, 0.05) is 12.0 Å². The van der Waals surface area contributed by atoms with Crippen LogP contribution in [0.25, 0.3) is 0 Å². The first-order valence-corrected chi connectivity index (χ1v) is 9.92. The zero-order chi connectivity index (χ0) is 19.9. The Hall–Kier alpha value is -1.76. The van der Waals surface area contributed by atoms with Crippen LogP contribution in [0.5, 0.6) is 0 Å². The van der Waals surface area contributed by atoms with Gasteiger partial charge >= 0.3 is 0 Å². The highest BCUT2D eigenvalue weighted by atomic mass is 16.7. The van der Waals surface area contributed by atoms with E-state index < -0.39 is 24.1 Å². The van der Waals surface area contributed by atoms with Gasteiger partial charge in [0.1, 0.15) is 12.2 Å². The van der Waals surface area contributed by atoms with Gasteiger partial charge in [-0.15, -0.1) is 0 Å². The maximum Gasteiger partial charge on any atom is 0.198 e. The van der Waals surface area contributed by atoms with Crippen molar-refractivity contribution in [2.75, 3.05) is 6.61 Å². The molecule has 2 aromatic carbocycles. The summed E-state index contributed by atoms with van der Waals surface area (Å²) in [5, 5.41) is 29.9. The number of aliphatic hydroxyl groups is 3. The van der Waals surface area contributed by atoms with Crippen molar-refractivity contribution in [2.45, 2.75) is 63.3 Å². The van der Waals surface area contributed by atoms with Crippen LogP contribution in [0.15, 0.2) is 42.5 Å². The highest BCUT2D eigenvalue weighted by Crippen LogP contribution is 2.45. The first kappa shape index (κ1) is 19.6. The quantitative estimate of drug-likeness (QED) is 0.755. The number of fused-ring (bicyclic) bond motifs is 2. The molecule has 2 aliphatic rings. The second-order valence-electron chi connectivity index (χ2n) is 8.21. The van der Waals surface area contributed by atoms with Gasteiger partial charge in [-0.2, -0.15) is 0 Å². The molecule has 0 aliphatic carbocycles. The van der Waals surface area contributed by atoms with Crippen LogP contribution >= 0.6 is 0 Å². The van der Waals surface area contributed by atoms with E-state index in [2.05, 4.69) is 50.2 Å². The van der Waals surface area contributed by atoms with Crippen molar-refractivity contribution < 1.29 is 24.8 Å². The molecule has 0 bridgehead atoms. The van der Waals surface area contributed by atoms with E-state index in [1.165, 1.54) is 11.1 Å². The van der Waals surface area contributed by atoms with Crippen molar-refractivity contribution >= 4 is 0 Å². The summed E-state index contributed by atoms with van der Waals surface area (Å²) in [6.07, 6.45) is -2.07. The molecule has 4 atom stereocenters. The van der Waals surface area contributed by atoms with Gasteiger partial charge < -0.3 is 24.8 Å². The lowest BCUT2D eigenvalue weighted by molar-refractivity contribution is -0.326. The SMILES string of the molecule is CC(C)c1ccc(Cc2ccc3c(c2)C2(C[C@@H](O)[C@H](O)[C@@H](CO)O2)OC3)cc1. The normalized spacial score (nSPS) is 29.4. The first-order chi connectivity index (χ1) is 13.4. The summed E-state index contributed by atoms with van der Waals surface area (Å²) < 4.78 is 11.9. The summed E-state index contributed by atoms with van der Waals surface area (Å²) in [4.78, 5) is 0. The van der Waals surface area contributed by atoms with Crippen LogP contribution in [0.1, 0.15) is 54.0 Å². The minimum Gasteiger partial charge on any atom is -0.394 e. The molecule has 0 radical (unpaired) electrons. The Morgan fingerprint density at radius 2 is 1.79 bits per heavy atom. The van der Waals surface area contributed by atoms with Crippen LogP contribution < -0.4 is 0 Å². The topological polar surface area (TPSA) is 79.2 Å². The van der Waals surface area contributed by atoms with E-state index in [1.54, 1.807) is 0 Å². The summed E-state index contributed by atoms with van der Waals surface area (Å²) in [5.41, 5.74) is 5.58. The van der Waals surface area contributed by atoms with Gasteiger partial charge in [-0.1, -0.05) is 50.2 Å². The lowest BCUT2D eigenvalue weighted by atomic mass is 9.88. The molecule has 5 nitrogen and oxygen atoms in total. The zero-order valence-electron chi connectivity index (χ0n) is 16.3. The third kappa shape index (κ3) is 3.49. The molecule has 4 rings (SSSR count). The lowest BCUT2D eigenvalue weighted by Crippen LogP contribution is -2.54. The Morgan fingerprint density at radius 3 is 2.46 bits per heavy atom. The summed E-state index contributed by atoms with van der Waals surface area (Å²) in [6, 6.07) is 14.9. The third-order valence-electron chi connectivity index (χ3n) is 5.87. The van der Waals surface area contributed by atoms with Gasteiger partial charge in [0.05, 0.1) is 19.3 Å². The highest BCUT2D eigenvalue weighted by molar-refractivity contribution is 5.40. The van der Waals surface area contributed by atoms with Crippen molar-refractivity contribution in [3.05, 3.63) is 70.3 Å². The van der Waals surface area contributed by atoms with Crippen LogP contribution in [0.4, 0.5) is 0 Å². The summed E-state index contributed by atoms with van der Waals surface area (Å²) in [7, 11) is 0. The van der Waals surface area contributed by atoms with Gasteiger partial charge in [-0.05, 0) is 40.7 Å². The van der Waals surface area contributed by atoms with Crippen LogP contribution in [0, 0.1) is 0 Å². The van der Waals surface area contributed by atoms with Crippen LogP contribution in [-0.2, 0) is 28.3 Å². The smallest absolute Gasteiger partial charge is 0.198 e. The van der Waals surface area contributed by atoms with E-state index in [0.29, 0.717) is 12.5 Å². The van der Waals surface area contributed by atoms with E-state index in [4.69, 9.17) is 9.47 Å². The molecule has 2 heterocycles. The molecule has 0 aromatic heterocycles. The number of ether oxygens (including phenoxy) is 2. The fourth-order valence-electron chi connectivity index (χ4n) is 4.16. The molecule has 2 aliphatic heterocycles. The Balaban J connectivity index is 1.60. The van der Waals surface area contributed by atoms with Crippen LogP contribution in [-0.4, -0.2) is 40.2 Å². The first-order valence-electron chi connectivity index (χ1n) is 9.92. The van der Waals surface area contributed by atoms with E-state index in [1.807, 2.05) is 6.07 Å². The second kappa shape index (κ2) is 7.58. The maximum atomic E-state index is 10.3.